The van der Waals surface area contributed by atoms with Crippen LogP contribution in [0.25, 0.3) is 0 Å². The van der Waals surface area contributed by atoms with E-state index >= 15 is 0 Å². The Morgan fingerprint density at radius 2 is 1.38 bits per heavy atom. The van der Waals surface area contributed by atoms with Crippen molar-refractivity contribution in [3.8, 4) is 0 Å². The van der Waals surface area contributed by atoms with E-state index < -0.39 is 0 Å². The van der Waals surface area contributed by atoms with Gasteiger partial charge in [-0.3, -0.25) is 9.59 Å². The number of carbonyl (C=O) groups excluding carboxylic acids is 2. The summed E-state index contributed by atoms with van der Waals surface area (Å²) in [5.41, 5.74) is 4.48. The second-order valence-electron chi connectivity index (χ2n) is 8.15. The molecule has 0 aliphatic rings. The van der Waals surface area contributed by atoms with Crippen LogP contribution in [0.4, 0.5) is 0 Å². The summed E-state index contributed by atoms with van der Waals surface area (Å²) in [6, 6.07) is 16.0. The maximum Gasteiger partial charge on any atom is 0.162 e. The second kappa shape index (κ2) is 14.7. The third-order valence-electron chi connectivity index (χ3n) is 4.80. The molecule has 0 aromatic heterocycles. The summed E-state index contributed by atoms with van der Waals surface area (Å²) in [6.07, 6.45) is 2.75. The fourth-order valence-corrected chi connectivity index (χ4v) is 2.36. The molecule has 160 valence electrons. The first-order valence-electron chi connectivity index (χ1n) is 10.8. The second-order valence-corrected chi connectivity index (χ2v) is 8.15. The molecule has 2 aromatic rings. The van der Waals surface area contributed by atoms with Crippen LogP contribution >= 0.6 is 0 Å². The Labute approximate surface area is 178 Å². The normalized spacial score (nSPS) is 10.9. The number of benzene rings is 2. The highest BCUT2D eigenvalue weighted by atomic mass is 16.1. The summed E-state index contributed by atoms with van der Waals surface area (Å²) in [5, 5.41) is 0. The summed E-state index contributed by atoms with van der Waals surface area (Å²) in [4.78, 5) is 22.2. The Kier molecular flexibility index (Phi) is 13.6. The minimum absolute atomic E-state index is 0.141. The van der Waals surface area contributed by atoms with Gasteiger partial charge in [0.1, 0.15) is 5.78 Å². The summed E-state index contributed by atoms with van der Waals surface area (Å²) >= 11 is 0. The van der Waals surface area contributed by atoms with Crippen LogP contribution in [0, 0.1) is 25.7 Å². The van der Waals surface area contributed by atoms with Gasteiger partial charge in [0.25, 0.3) is 0 Å². The molecule has 0 aliphatic heterocycles. The monoisotopic (exact) mass is 396 g/mol. The quantitative estimate of drug-likeness (QED) is 0.477. The van der Waals surface area contributed by atoms with Crippen LogP contribution in [0.3, 0.4) is 0 Å². The first-order chi connectivity index (χ1) is 13.6. The molecule has 2 rings (SSSR count). The predicted molar refractivity (Wildman–Crippen MR) is 126 cm³/mol. The molecule has 2 aromatic carbocycles. The Morgan fingerprint density at radius 1 is 0.862 bits per heavy atom. The van der Waals surface area contributed by atoms with E-state index in [0.717, 1.165) is 23.5 Å². The van der Waals surface area contributed by atoms with Crippen molar-refractivity contribution in [2.75, 3.05) is 0 Å². The van der Waals surface area contributed by atoms with E-state index in [4.69, 9.17) is 0 Å². The maximum atomic E-state index is 11.2. The maximum absolute atomic E-state index is 11.2. The minimum atomic E-state index is 0.141. The van der Waals surface area contributed by atoms with Gasteiger partial charge < -0.3 is 0 Å². The van der Waals surface area contributed by atoms with Crippen LogP contribution < -0.4 is 0 Å². The van der Waals surface area contributed by atoms with Crippen LogP contribution in [0.2, 0.25) is 0 Å². The zero-order chi connectivity index (χ0) is 22.4. The van der Waals surface area contributed by atoms with Gasteiger partial charge in [0.2, 0.25) is 0 Å². The largest absolute Gasteiger partial charge is 0.300 e. The van der Waals surface area contributed by atoms with Crippen molar-refractivity contribution in [2.45, 2.75) is 74.7 Å². The molecule has 2 heteroatoms. The standard InChI is InChI=1S/C12H16O.C10H12O.C5H12/c1-9-5-4-6-12(7-9)8-10(2)11(3)13;1-3-10(11)9-6-4-5-8(2)7-9;1-4-5(2)3/h4-7,10H,8H2,1-3H3;4-7H,3H2,1-2H3;5H,4H2,1-3H3. The summed E-state index contributed by atoms with van der Waals surface area (Å²) in [5.74, 6) is 1.51. The number of carbonyl (C=O) groups is 2. The lowest BCUT2D eigenvalue weighted by Gasteiger charge is -2.07. The van der Waals surface area contributed by atoms with E-state index in [2.05, 4.69) is 45.9 Å². The third-order valence-corrected chi connectivity index (χ3v) is 4.80. The Morgan fingerprint density at radius 3 is 1.79 bits per heavy atom. The molecule has 0 saturated carbocycles. The van der Waals surface area contributed by atoms with E-state index in [9.17, 15) is 9.59 Å². The van der Waals surface area contributed by atoms with Gasteiger partial charge in [0, 0.05) is 17.9 Å². The molecule has 1 atom stereocenters. The van der Waals surface area contributed by atoms with Crippen molar-refractivity contribution in [3.63, 3.8) is 0 Å². The Hall–Kier alpha value is -2.22. The van der Waals surface area contributed by atoms with Crippen molar-refractivity contribution in [1.82, 2.24) is 0 Å². The number of Topliss-reactive ketones (excluding diaryl/α,β-unsaturated/α-hetero) is 2. The predicted octanol–water partition coefficient (Wildman–Crippen LogP) is 7.40. The topological polar surface area (TPSA) is 34.1 Å². The number of aryl methyl sites for hydroxylation is 2. The van der Waals surface area contributed by atoms with Gasteiger partial charge in [-0.1, -0.05) is 94.6 Å². The molecule has 0 spiro atoms. The SMILES string of the molecule is CC(=O)C(C)Cc1cccc(C)c1.CCC(=O)c1cccc(C)c1.CCC(C)C. The van der Waals surface area contributed by atoms with Gasteiger partial charge in [-0.25, -0.2) is 0 Å². The van der Waals surface area contributed by atoms with Crippen molar-refractivity contribution < 1.29 is 9.59 Å². The van der Waals surface area contributed by atoms with E-state index in [1.165, 1.54) is 17.5 Å². The molecule has 29 heavy (non-hydrogen) atoms. The lowest BCUT2D eigenvalue weighted by Crippen LogP contribution is -2.09. The molecule has 1 unspecified atom stereocenters. The average Bonchev–Trinajstić information content (AvgIpc) is 2.68. The first-order valence-corrected chi connectivity index (χ1v) is 10.8. The molecule has 0 aliphatic carbocycles. The van der Waals surface area contributed by atoms with E-state index in [-0.39, 0.29) is 17.5 Å². The number of hydrogen-bond donors (Lipinski definition) is 0. The van der Waals surface area contributed by atoms with Crippen molar-refractivity contribution >= 4 is 11.6 Å². The number of rotatable bonds is 6. The fourth-order valence-electron chi connectivity index (χ4n) is 2.36. The molecule has 0 amide bonds. The smallest absolute Gasteiger partial charge is 0.162 e. The molecule has 0 heterocycles. The van der Waals surface area contributed by atoms with E-state index in [0.29, 0.717) is 6.42 Å². The minimum Gasteiger partial charge on any atom is -0.300 e. The molecule has 0 fully saturated rings. The molecule has 2 nitrogen and oxygen atoms in total. The highest BCUT2D eigenvalue weighted by Crippen LogP contribution is 2.11. The number of hydrogen-bond acceptors (Lipinski definition) is 2. The van der Waals surface area contributed by atoms with Crippen LogP contribution in [0.1, 0.15) is 81.4 Å². The lowest BCUT2D eigenvalue weighted by molar-refractivity contribution is -0.120. The van der Waals surface area contributed by atoms with Gasteiger partial charge in [0.05, 0.1) is 0 Å². The first kappa shape index (κ1) is 26.8. The van der Waals surface area contributed by atoms with Crippen molar-refractivity contribution in [1.29, 1.82) is 0 Å². The van der Waals surface area contributed by atoms with Crippen LogP contribution in [0.15, 0.2) is 48.5 Å². The summed E-state index contributed by atoms with van der Waals surface area (Å²) in [7, 11) is 0. The van der Waals surface area contributed by atoms with Gasteiger partial charge in [0.15, 0.2) is 5.78 Å². The van der Waals surface area contributed by atoms with Crippen molar-refractivity contribution in [3.05, 3.63) is 70.8 Å². The van der Waals surface area contributed by atoms with Crippen LogP contribution in [-0.2, 0) is 11.2 Å². The zero-order valence-electron chi connectivity index (χ0n) is 19.7. The van der Waals surface area contributed by atoms with E-state index in [1.807, 2.05) is 51.1 Å². The molecule has 0 saturated heterocycles. The van der Waals surface area contributed by atoms with Crippen LogP contribution in [0.5, 0.6) is 0 Å². The van der Waals surface area contributed by atoms with Crippen LogP contribution in [-0.4, -0.2) is 11.6 Å². The fraction of sp³-hybridized carbons (Fsp3) is 0.481. The third kappa shape index (κ3) is 12.8. The molecule has 0 N–H and O–H groups in total. The van der Waals surface area contributed by atoms with Gasteiger partial charge in [-0.2, -0.15) is 0 Å². The van der Waals surface area contributed by atoms with Gasteiger partial charge >= 0.3 is 0 Å². The highest BCUT2D eigenvalue weighted by Gasteiger charge is 2.07. The Balaban J connectivity index is 0.000000445. The van der Waals surface area contributed by atoms with Crippen molar-refractivity contribution in [2.24, 2.45) is 11.8 Å². The van der Waals surface area contributed by atoms with E-state index in [1.54, 1.807) is 6.92 Å². The molecular formula is C27H40O2. The van der Waals surface area contributed by atoms with Gasteiger partial charge in [-0.15, -0.1) is 0 Å². The molecular weight excluding hydrogens is 356 g/mol. The Bertz CT molecular complexity index is 744. The zero-order valence-corrected chi connectivity index (χ0v) is 19.7. The summed E-state index contributed by atoms with van der Waals surface area (Å²) < 4.78 is 0. The molecule has 0 radical (unpaired) electrons. The summed E-state index contributed by atoms with van der Waals surface area (Å²) in [6.45, 7) is 16.2. The highest BCUT2D eigenvalue weighted by molar-refractivity contribution is 5.95. The lowest BCUT2D eigenvalue weighted by atomic mass is 9.97. The number of ketones is 2. The molecule has 0 bridgehead atoms. The van der Waals surface area contributed by atoms with Gasteiger partial charge in [-0.05, 0) is 44.7 Å². The average molecular weight is 397 g/mol.